The van der Waals surface area contributed by atoms with Crippen LogP contribution in [0.3, 0.4) is 0 Å². The number of nitrogens with one attached hydrogen (secondary N) is 1. The van der Waals surface area contributed by atoms with Gasteiger partial charge >= 0.3 is 0 Å². The van der Waals surface area contributed by atoms with Crippen LogP contribution >= 0.6 is 0 Å². The summed E-state index contributed by atoms with van der Waals surface area (Å²) >= 11 is 0. The molecule has 150 valence electrons. The molecule has 3 aromatic rings. The summed E-state index contributed by atoms with van der Waals surface area (Å²) in [5.41, 5.74) is 3.03. The second-order valence-corrected chi connectivity index (χ2v) is 6.72. The van der Waals surface area contributed by atoms with Crippen molar-refractivity contribution < 1.29 is 4.79 Å². The smallest absolute Gasteiger partial charge is 0.244 e. The van der Waals surface area contributed by atoms with Crippen molar-refractivity contribution in [3.8, 4) is 0 Å². The second-order valence-electron chi connectivity index (χ2n) is 6.72. The van der Waals surface area contributed by atoms with E-state index in [0.717, 1.165) is 25.1 Å². The first-order valence-corrected chi connectivity index (χ1v) is 9.94. The summed E-state index contributed by atoms with van der Waals surface area (Å²) in [7, 11) is 0. The van der Waals surface area contributed by atoms with E-state index in [9.17, 15) is 4.79 Å². The minimum absolute atomic E-state index is 0.120. The number of para-hydroxylation sites is 1. The zero-order valence-electron chi connectivity index (χ0n) is 16.7. The van der Waals surface area contributed by atoms with Crippen LogP contribution in [0.25, 0.3) is 6.08 Å². The summed E-state index contributed by atoms with van der Waals surface area (Å²) < 4.78 is 1.76. The van der Waals surface area contributed by atoms with Gasteiger partial charge in [-0.1, -0.05) is 53.7 Å². The van der Waals surface area contributed by atoms with E-state index in [-0.39, 0.29) is 5.91 Å². The number of hydrogen-bond donors (Lipinski definition) is 1. The van der Waals surface area contributed by atoms with Crippen LogP contribution in [0.2, 0.25) is 0 Å². The molecule has 0 aliphatic rings. The zero-order valence-corrected chi connectivity index (χ0v) is 16.7. The summed E-state index contributed by atoms with van der Waals surface area (Å²) in [6.07, 6.45) is 5.91. The van der Waals surface area contributed by atoms with Crippen molar-refractivity contribution in [2.75, 3.05) is 24.5 Å². The molecule has 6 heteroatoms. The van der Waals surface area contributed by atoms with Gasteiger partial charge in [0.2, 0.25) is 5.91 Å². The molecule has 0 aliphatic heterocycles. The number of amides is 1. The fraction of sp³-hybridized carbons (Fsp3) is 0.261. The summed E-state index contributed by atoms with van der Waals surface area (Å²) in [6, 6.07) is 20.4. The Balaban J connectivity index is 1.40. The van der Waals surface area contributed by atoms with Gasteiger partial charge in [0.1, 0.15) is 5.69 Å². The third-order valence-electron chi connectivity index (χ3n) is 4.56. The Hall–Kier alpha value is -3.41. The van der Waals surface area contributed by atoms with Crippen molar-refractivity contribution in [2.24, 2.45) is 0 Å². The molecule has 1 N–H and O–H groups in total. The minimum Gasteiger partial charge on any atom is -0.372 e. The fourth-order valence-electron chi connectivity index (χ4n) is 3.05. The van der Waals surface area contributed by atoms with Gasteiger partial charge < -0.3 is 10.2 Å². The number of carbonyl (C=O) groups is 1. The van der Waals surface area contributed by atoms with E-state index in [1.807, 2.05) is 54.7 Å². The lowest BCUT2D eigenvalue weighted by atomic mass is 10.2. The molecule has 29 heavy (non-hydrogen) atoms. The Morgan fingerprint density at radius 3 is 2.55 bits per heavy atom. The Bertz CT molecular complexity index is 905. The third kappa shape index (κ3) is 6.60. The predicted octanol–water partition coefficient (Wildman–Crippen LogP) is 3.37. The van der Waals surface area contributed by atoms with Crippen LogP contribution in [-0.4, -0.2) is 40.5 Å². The van der Waals surface area contributed by atoms with Crippen molar-refractivity contribution >= 4 is 17.7 Å². The second kappa shape index (κ2) is 10.8. The molecule has 0 fully saturated rings. The highest BCUT2D eigenvalue weighted by molar-refractivity contribution is 5.91. The molecule has 3 rings (SSSR count). The fourth-order valence-corrected chi connectivity index (χ4v) is 3.05. The Morgan fingerprint density at radius 2 is 1.83 bits per heavy atom. The average molecular weight is 390 g/mol. The maximum atomic E-state index is 12.0. The highest BCUT2D eigenvalue weighted by atomic mass is 16.1. The molecule has 0 atom stereocenters. The number of aromatic nitrogens is 3. The highest BCUT2D eigenvalue weighted by Crippen LogP contribution is 2.12. The molecule has 0 saturated heterocycles. The van der Waals surface area contributed by atoms with Crippen LogP contribution in [0.4, 0.5) is 5.69 Å². The molecule has 0 radical (unpaired) electrons. The van der Waals surface area contributed by atoms with Gasteiger partial charge in [0, 0.05) is 31.4 Å². The lowest BCUT2D eigenvalue weighted by Crippen LogP contribution is -2.29. The first-order chi connectivity index (χ1) is 14.2. The van der Waals surface area contributed by atoms with Crippen molar-refractivity contribution in [1.29, 1.82) is 0 Å². The SMILES string of the molecule is CCN(CCCNC(=O)/C=C/c1cn(Cc2ccccc2)nn1)c1ccccc1. The van der Waals surface area contributed by atoms with Crippen LogP contribution in [0, 0.1) is 0 Å². The molecule has 0 unspecified atom stereocenters. The van der Waals surface area contributed by atoms with Gasteiger partial charge in [-0.15, -0.1) is 5.10 Å². The first kappa shape index (κ1) is 20.3. The van der Waals surface area contributed by atoms with E-state index in [0.29, 0.717) is 18.8 Å². The van der Waals surface area contributed by atoms with Gasteiger partial charge in [-0.2, -0.15) is 0 Å². The van der Waals surface area contributed by atoms with Gasteiger partial charge in [0.25, 0.3) is 0 Å². The highest BCUT2D eigenvalue weighted by Gasteiger charge is 2.04. The van der Waals surface area contributed by atoms with Crippen molar-refractivity contribution in [3.63, 3.8) is 0 Å². The van der Waals surface area contributed by atoms with Gasteiger partial charge in [-0.3, -0.25) is 4.79 Å². The number of rotatable bonds is 10. The van der Waals surface area contributed by atoms with Crippen molar-refractivity contribution in [2.45, 2.75) is 19.9 Å². The van der Waals surface area contributed by atoms with Gasteiger partial charge in [0.15, 0.2) is 0 Å². The Morgan fingerprint density at radius 1 is 1.10 bits per heavy atom. The summed E-state index contributed by atoms with van der Waals surface area (Å²) in [5, 5.41) is 11.1. The molecule has 1 heterocycles. The van der Waals surface area contributed by atoms with Crippen LogP contribution in [0.5, 0.6) is 0 Å². The molecule has 6 nitrogen and oxygen atoms in total. The molecular formula is C23H27N5O. The van der Waals surface area contributed by atoms with Crippen molar-refractivity contribution in [3.05, 3.63) is 84.2 Å². The average Bonchev–Trinajstić information content (AvgIpc) is 3.21. The number of benzene rings is 2. The van der Waals surface area contributed by atoms with Crippen LogP contribution in [0.15, 0.2) is 72.9 Å². The third-order valence-corrected chi connectivity index (χ3v) is 4.56. The van der Waals surface area contributed by atoms with Crippen LogP contribution in [-0.2, 0) is 11.3 Å². The Labute approximate surface area is 171 Å². The predicted molar refractivity (Wildman–Crippen MR) is 117 cm³/mol. The quantitative estimate of drug-likeness (QED) is 0.427. The lowest BCUT2D eigenvalue weighted by Gasteiger charge is -2.23. The first-order valence-electron chi connectivity index (χ1n) is 9.94. The number of hydrogen-bond acceptors (Lipinski definition) is 4. The Kier molecular flexibility index (Phi) is 7.57. The number of anilines is 1. The maximum Gasteiger partial charge on any atom is 0.244 e. The summed E-state index contributed by atoms with van der Waals surface area (Å²) in [4.78, 5) is 14.3. The van der Waals surface area contributed by atoms with Crippen LogP contribution < -0.4 is 10.2 Å². The van der Waals surface area contributed by atoms with E-state index in [2.05, 4.69) is 39.6 Å². The standard InChI is InChI=1S/C23H27N5O/c1-2-27(22-12-7-4-8-13-22)17-9-16-24-23(29)15-14-21-19-28(26-25-21)18-20-10-5-3-6-11-20/h3-8,10-15,19H,2,9,16-18H2,1H3,(H,24,29)/b15-14+. The molecule has 0 bridgehead atoms. The summed E-state index contributed by atoms with van der Waals surface area (Å²) in [6.45, 7) is 5.27. The molecule has 2 aromatic carbocycles. The molecule has 0 saturated carbocycles. The van der Waals surface area contributed by atoms with E-state index < -0.39 is 0 Å². The van der Waals surface area contributed by atoms with Crippen molar-refractivity contribution in [1.82, 2.24) is 20.3 Å². The van der Waals surface area contributed by atoms with E-state index in [1.54, 1.807) is 10.8 Å². The largest absolute Gasteiger partial charge is 0.372 e. The topological polar surface area (TPSA) is 63.1 Å². The zero-order chi connectivity index (χ0) is 20.3. The monoisotopic (exact) mass is 389 g/mol. The molecule has 0 spiro atoms. The molecule has 0 aliphatic carbocycles. The minimum atomic E-state index is -0.120. The number of carbonyl (C=O) groups excluding carboxylic acids is 1. The maximum absolute atomic E-state index is 12.0. The molecule has 1 amide bonds. The van der Waals surface area contributed by atoms with E-state index in [1.165, 1.54) is 11.8 Å². The van der Waals surface area contributed by atoms with E-state index in [4.69, 9.17) is 0 Å². The number of nitrogens with zero attached hydrogens (tertiary/aromatic N) is 4. The lowest BCUT2D eigenvalue weighted by molar-refractivity contribution is -0.116. The van der Waals surface area contributed by atoms with Gasteiger partial charge in [-0.05, 0) is 37.1 Å². The van der Waals surface area contributed by atoms with Crippen LogP contribution in [0.1, 0.15) is 24.6 Å². The summed E-state index contributed by atoms with van der Waals surface area (Å²) in [5.74, 6) is -0.120. The van der Waals surface area contributed by atoms with E-state index >= 15 is 0 Å². The van der Waals surface area contributed by atoms with Gasteiger partial charge in [-0.25, -0.2) is 4.68 Å². The normalized spacial score (nSPS) is 10.9. The molecule has 1 aromatic heterocycles. The van der Waals surface area contributed by atoms with Gasteiger partial charge in [0.05, 0.1) is 12.7 Å². The molecular weight excluding hydrogens is 362 g/mol.